The third-order valence-electron chi connectivity index (χ3n) is 4.10. The lowest BCUT2D eigenvalue weighted by Crippen LogP contribution is -2.48. The van der Waals surface area contributed by atoms with Gasteiger partial charge in [0.05, 0.1) is 11.7 Å². The average Bonchev–Trinajstić information content (AvgIpc) is 2.95. The summed E-state index contributed by atoms with van der Waals surface area (Å²) in [5, 5.41) is 0. The molecule has 5 heteroatoms. The number of nitrogens with zero attached hydrogens (tertiary/aromatic N) is 2. The zero-order valence-electron chi connectivity index (χ0n) is 13.0. The van der Waals surface area contributed by atoms with Gasteiger partial charge in [0.2, 0.25) is 5.91 Å². The number of primary amides is 1. The van der Waals surface area contributed by atoms with Gasteiger partial charge in [0.15, 0.2) is 5.89 Å². The number of fused-ring (bicyclic) bond motifs is 1. The first kappa shape index (κ1) is 14.8. The Balaban J connectivity index is 1.82. The number of oxazole rings is 1. The first-order valence-corrected chi connectivity index (χ1v) is 7.59. The molecule has 3 rings (SSSR count). The molecule has 22 heavy (non-hydrogen) atoms. The quantitative estimate of drug-likeness (QED) is 0.939. The van der Waals surface area contributed by atoms with Gasteiger partial charge in [-0.25, -0.2) is 4.98 Å². The van der Waals surface area contributed by atoms with Crippen LogP contribution in [0.4, 0.5) is 0 Å². The van der Waals surface area contributed by atoms with Crippen LogP contribution in [0.15, 0.2) is 34.9 Å². The topological polar surface area (TPSA) is 72.4 Å². The van der Waals surface area contributed by atoms with Crippen molar-refractivity contribution in [2.24, 2.45) is 5.73 Å². The fourth-order valence-electron chi connectivity index (χ4n) is 2.89. The molecule has 1 aliphatic rings. The van der Waals surface area contributed by atoms with Gasteiger partial charge in [-0.1, -0.05) is 38.1 Å². The molecule has 0 aliphatic carbocycles. The molecule has 1 aromatic carbocycles. The van der Waals surface area contributed by atoms with E-state index in [-0.39, 0.29) is 17.9 Å². The fourth-order valence-corrected chi connectivity index (χ4v) is 2.89. The number of amides is 1. The highest BCUT2D eigenvalue weighted by molar-refractivity contribution is 5.80. The van der Waals surface area contributed by atoms with E-state index in [9.17, 15) is 4.79 Å². The van der Waals surface area contributed by atoms with Gasteiger partial charge in [-0.05, 0) is 17.5 Å². The predicted molar refractivity (Wildman–Crippen MR) is 83.0 cm³/mol. The van der Waals surface area contributed by atoms with E-state index in [2.05, 4.69) is 22.0 Å². The van der Waals surface area contributed by atoms with Crippen LogP contribution in [0.5, 0.6) is 0 Å². The van der Waals surface area contributed by atoms with Gasteiger partial charge in [0, 0.05) is 19.0 Å². The minimum Gasteiger partial charge on any atom is -0.448 e. The summed E-state index contributed by atoms with van der Waals surface area (Å²) >= 11 is 0. The minimum absolute atomic E-state index is 0.253. The molecule has 1 atom stereocenters. The Morgan fingerprint density at radius 3 is 2.77 bits per heavy atom. The van der Waals surface area contributed by atoms with Crippen molar-refractivity contribution >= 4 is 5.91 Å². The lowest BCUT2D eigenvalue weighted by atomic mass is 9.93. The van der Waals surface area contributed by atoms with Gasteiger partial charge in [-0.3, -0.25) is 9.69 Å². The van der Waals surface area contributed by atoms with Gasteiger partial charge in [0.1, 0.15) is 6.26 Å². The minimum atomic E-state index is -0.297. The highest BCUT2D eigenvalue weighted by atomic mass is 16.3. The highest BCUT2D eigenvalue weighted by Crippen LogP contribution is 2.25. The van der Waals surface area contributed by atoms with Crippen molar-refractivity contribution in [2.75, 3.05) is 0 Å². The van der Waals surface area contributed by atoms with Gasteiger partial charge >= 0.3 is 0 Å². The lowest BCUT2D eigenvalue weighted by Gasteiger charge is -2.34. The average molecular weight is 299 g/mol. The summed E-state index contributed by atoms with van der Waals surface area (Å²) in [5.74, 6) is 0.688. The zero-order chi connectivity index (χ0) is 15.7. The van der Waals surface area contributed by atoms with Crippen molar-refractivity contribution in [1.82, 2.24) is 9.88 Å². The van der Waals surface area contributed by atoms with E-state index in [0.29, 0.717) is 19.5 Å². The molecule has 2 heterocycles. The summed E-state index contributed by atoms with van der Waals surface area (Å²) in [6, 6.07) is 7.89. The first-order chi connectivity index (χ1) is 10.5. The molecule has 116 valence electrons. The van der Waals surface area contributed by atoms with Gasteiger partial charge in [-0.15, -0.1) is 0 Å². The molecule has 2 aromatic rings. The lowest BCUT2D eigenvalue weighted by molar-refractivity contribution is -0.124. The maximum Gasteiger partial charge on any atom is 0.235 e. The van der Waals surface area contributed by atoms with Crippen molar-refractivity contribution in [3.05, 3.63) is 53.2 Å². The molecule has 5 nitrogen and oxygen atoms in total. The number of carbonyl (C=O) groups excluding carboxylic acids is 1. The van der Waals surface area contributed by atoms with Crippen LogP contribution in [0.25, 0.3) is 0 Å². The van der Waals surface area contributed by atoms with Crippen LogP contribution in [0, 0.1) is 0 Å². The second-order valence-electron chi connectivity index (χ2n) is 6.13. The number of aromatic nitrogens is 1. The van der Waals surface area contributed by atoms with Crippen molar-refractivity contribution in [3.8, 4) is 0 Å². The molecule has 0 fully saturated rings. The normalized spacial score (nSPS) is 18.4. The summed E-state index contributed by atoms with van der Waals surface area (Å²) in [6.45, 7) is 5.35. The molecule has 0 saturated carbocycles. The van der Waals surface area contributed by atoms with Crippen molar-refractivity contribution in [2.45, 2.75) is 45.3 Å². The van der Waals surface area contributed by atoms with E-state index in [0.717, 1.165) is 11.6 Å². The number of nitrogens with two attached hydrogens (primary N) is 1. The Morgan fingerprint density at radius 1 is 1.41 bits per heavy atom. The summed E-state index contributed by atoms with van der Waals surface area (Å²) in [4.78, 5) is 18.4. The van der Waals surface area contributed by atoms with Gasteiger partial charge < -0.3 is 10.2 Å². The summed E-state index contributed by atoms with van der Waals surface area (Å²) < 4.78 is 5.48. The largest absolute Gasteiger partial charge is 0.448 e. The third kappa shape index (κ3) is 2.90. The van der Waals surface area contributed by atoms with E-state index in [4.69, 9.17) is 10.2 Å². The summed E-state index contributed by atoms with van der Waals surface area (Å²) in [5.41, 5.74) is 8.88. The van der Waals surface area contributed by atoms with Crippen LogP contribution in [0.3, 0.4) is 0 Å². The Morgan fingerprint density at radius 2 is 2.14 bits per heavy atom. The third-order valence-corrected chi connectivity index (χ3v) is 4.10. The molecule has 0 bridgehead atoms. The molecule has 0 radical (unpaired) electrons. The maximum absolute atomic E-state index is 11.8. The van der Waals surface area contributed by atoms with Crippen LogP contribution in [0.1, 0.15) is 42.5 Å². The number of hydrogen-bond acceptors (Lipinski definition) is 4. The molecular weight excluding hydrogens is 278 g/mol. The molecule has 0 saturated heterocycles. The van der Waals surface area contributed by atoms with E-state index in [1.54, 1.807) is 6.26 Å². The zero-order valence-corrected chi connectivity index (χ0v) is 13.0. The maximum atomic E-state index is 11.8. The molecule has 0 unspecified atom stereocenters. The van der Waals surface area contributed by atoms with Gasteiger partial charge in [0.25, 0.3) is 0 Å². The fraction of sp³-hybridized carbons (Fsp3) is 0.412. The number of benzene rings is 1. The Labute approximate surface area is 130 Å². The van der Waals surface area contributed by atoms with Crippen LogP contribution >= 0.6 is 0 Å². The molecular formula is C17H21N3O2. The summed E-state index contributed by atoms with van der Waals surface area (Å²) in [7, 11) is 0. The SMILES string of the molecule is CC(C)c1nc(CN2Cc3ccccc3C[C@H]2C(N)=O)co1. The van der Waals surface area contributed by atoms with Crippen LogP contribution < -0.4 is 5.73 Å². The van der Waals surface area contributed by atoms with Crippen LogP contribution in [-0.4, -0.2) is 21.8 Å². The Hall–Kier alpha value is -2.14. The van der Waals surface area contributed by atoms with E-state index < -0.39 is 0 Å². The van der Waals surface area contributed by atoms with E-state index in [1.165, 1.54) is 11.1 Å². The molecule has 1 aliphatic heterocycles. The van der Waals surface area contributed by atoms with Crippen molar-refractivity contribution < 1.29 is 9.21 Å². The Bertz CT molecular complexity index is 678. The number of carbonyl (C=O) groups is 1. The summed E-state index contributed by atoms with van der Waals surface area (Å²) in [6.07, 6.45) is 2.33. The number of hydrogen-bond donors (Lipinski definition) is 1. The van der Waals surface area contributed by atoms with Crippen LogP contribution in [-0.2, 0) is 24.3 Å². The van der Waals surface area contributed by atoms with E-state index in [1.807, 2.05) is 26.0 Å². The molecule has 1 aromatic heterocycles. The highest BCUT2D eigenvalue weighted by Gasteiger charge is 2.30. The second kappa shape index (κ2) is 5.93. The Kier molecular flexibility index (Phi) is 3.98. The predicted octanol–water partition coefficient (Wildman–Crippen LogP) is 2.21. The standard InChI is InChI=1S/C17H21N3O2/c1-11(2)17-19-14(10-22-17)9-20-8-13-6-4-3-5-12(13)7-15(20)16(18)21/h3-6,10-11,15H,7-9H2,1-2H3,(H2,18,21)/t15-/m0/s1. The van der Waals surface area contributed by atoms with Gasteiger partial charge in [-0.2, -0.15) is 0 Å². The molecule has 0 spiro atoms. The van der Waals surface area contributed by atoms with Crippen LogP contribution in [0.2, 0.25) is 0 Å². The monoisotopic (exact) mass is 299 g/mol. The van der Waals surface area contributed by atoms with Crippen molar-refractivity contribution in [1.29, 1.82) is 0 Å². The first-order valence-electron chi connectivity index (χ1n) is 7.59. The van der Waals surface area contributed by atoms with Crippen molar-refractivity contribution in [3.63, 3.8) is 0 Å². The smallest absolute Gasteiger partial charge is 0.235 e. The molecule has 1 amide bonds. The second-order valence-corrected chi connectivity index (χ2v) is 6.13. The number of rotatable bonds is 4. The van der Waals surface area contributed by atoms with E-state index >= 15 is 0 Å². The molecule has 2 N–H and O–H groups in total.